The molecule has 1 fully saturated rings. The van der Waals surface area contributed by atoms with E-state index in [1.165, 1.54) is 0 Å². The predicted octanol–water partition coefficient (Wildman–Crippen LogP) is 1.46. The van der Waals surface area contributed by atoms with Crippen LogP contribution in [0.3, 0.4) is 0 Å². The lowest BCUT2D eigenvalue weighted by atomic mass is 10.2. The van der Waals surface area contributed by atoms with E-state index in [4.69, 9.17) is 9.84 Å². The molecule has 0 radical (unpaired) electrons. The van der Waals surface area contributed by atoms with Gasteiger partial charge in [0, 0.05) is 13.1 Å². The Morgan fingerprint density at radius 2 is 1.84 bits per heavy atom. The highest BCUT2D eigenvalue weighted by Crippen LogP contribution is 2.23. The minimum Gasteiger partial charge on any atom is -0.478 e. The van der Waals surface area contributed by atoms with Gasteiger partial charge in [-0.15, -0.1) is 0 Å². The summed E-state index contributed by atoms with van der Waals surface area (Å²) in [5, 5.41) is 8.80. The molecule has 6 heteroatoms. The molecule has 1 aliphatic heterocycles. The van der Waals surface area contributed by atoms with Gasteiger partial charge in [0.15, 0.2) is 24.0 Å². The first-order valence-corrected chi connectivity index (χ1v) is 6.11. The van der Waals surface area contributed by atoms with E-state index in [-0.39, 0.29) is 18.1 Å². The second-order valence-corrected chi connectivity index (χ2v) is 4.42. The van der Waals surface area contributed by atoms with Crippen molar-refractivity contribution in [2.45, 2.75) is 19.4 Å². The third kappa shape index (κ3) is 3.20. The number of halogens is 2. The van der Waals surface area contributed by atoms with Gasteiger partial charge in [-0.3, -0.25) is 4.79 Å². The number of likely N-dealkylation sites (tertiary alicyclic amines) is 1. The zero-order valence-electron chi connectivity index (χ0n) is 10.4. The first kappa shape index (κ1) is 13.7. The number of rotatable bonds is 4. The van der Waals surface area contributed by atoms with Crippen LogP contribution in [0.5, 0.6) is 5.75 Å². The van der Waals surface area contributed by atoms with Gasteiger partial charge in [-0.25, -0.2) is 8.78 Å². The van der Waals surface area contributed by atoms with Gasteiger partial charge < -0.3 is 14.7 Å². The van der Waals surface area contributed by atoms with Gasteiger partial charge in [0.2, 0.25) is 0 Å². The van der Waals surface area contributed by atoms with Crippen LogP contribution < -0.4 is 4.74 Å². The van der Waals surface area contributed by atoms with Gasteiger partial charge in [-0.1, -0.05) is 0 Å². The van der Waals surface area contributed by atoms with Crippen molar-refractivity contribution in [2.75, 3.05) is 19.7 Å². The van der Waals surface area contributed by atoms with Crippen molar-refractivity contribution in [3.8, 4) is 5.75 Å². The molecule has 0 unspecified atom stereocenters. The highest BCUT2D eigenvalue weighted by Gasteiger charge is 2.20. The average Bonchev–Trinajstić information content (AvgIpc) is 2.91. The van der Waals surface area contributed by atoms with Gasteiger partial charge in [-0.2, -0.15) is 0 Å². The minimum absolute atomic E-state index is 0.119. The average molecular weight is 271 g/mol. The number of nitrogens with zero attached hydrogens (tertiary/aromatic N) is 1. The highest BCUT2D eigenvalue weighted by molar-refractivity contribution is 5.78. The lowest BCUT2D eigenvalue weighted by Crippen LogP contribution is -2.32. The van der Waals surface area contributed by atoms with Crippen LogP contribution in [0.4, 0.5) is 8.78 Å². The summed E-state index contributed by atoms with van der Waals surface area (Å²) in [7, 11) is 0. The quantitative estimate of drug-likeness (QED) is 0.902. The van der Waals surface area contributed by atoms with Crippen molar-refractivity contribution in [3.63, 3.8) is 0 Å². The molecule has 1 aromatic carbocycles. The number of aliphatic hydroxyl groups excluding tert-OH is 1. The Morgan fingerprint density at radius 1 is 1.26 bits per heavy atom. The molecule has 1 heterocycles. The molecule has 0 spiro atoms. The standard InChI is InChI=1S/C13H15F2NO3/c14-10-5-9(7-17)6-11(15)13(10)19-8-12(18)16-3-1-2-4-16/h5-6,17H,1-4,7-8H2. The summed E-state index contributed by atoms with van der Waals surface area (Å²) in [6.45, 7) is 0.486. The van der Waals surface area contributed by atoms with Crippen LogP contribution in [-0.4, -0.2) is 35.6 Å². The first-order chi connectivity index (χ1) is 9.11. The predicted molar refractivity (Wildman–Crippen MR) is 63.6 cm³/mol. The lowest BCUT2D eigenvalue weighted by molar-refractivity contribution is -0.132. The minimum atomic E-state index is -0.918. The molecule has 0 saturated carbocycles. The van der Waals surface area contributed by atoms with Crippen molar-refractivity contribution >= 4 is 5.91 Å². The third-order valence-electron chi connectivity index (χ3n) is 3.04. The second-order valence-electron chi connectivity index (χ2n) is 4.42. The highest BCUT2D eigenvalue weighted by atomic mass is 19.1. The topological polar surface area (TPSA) is 49.8 Å². The van der Waals surface area contributed by atoms with Gasteiger partial charge in [-0.05, 0) is 30.5 Å². The maximum Gasteiger partial charge on any atom is 0.260 e. The van der Waals surface area contributed by atoms with E-state index in [1.807, 2.05) is 0 Å². The Morgan fingerprint density at radius 3 is 2.37 bits per heavy atom. The van der Waals surface area contributed by atoms with E-state index in [0.29, 0.717) is 13.1 Å². The number of hydrogen-bond acceptors (Lipinski definition) is 3. The molecule has 104 valence electrons. The van der Waals surface area contributed by atoms with Crippen LogP contribution >= 0.6 is 0 Å². The molecule has 0 atom stereocenters. The molecule has 1 saturated heterocycles. The maximum absolute atomic E-state index is 13.5. The molecule has 0 bridgehead atoms. The molecule has 1 amide bonds. The van der Waals surface area contributed by atoms with Crippen molar-refractivity contribution in [3.05, 3.63) is 29.3 Å². The summed E-state index contributed by atoms with van der Waals surface area (Å²) >= 11 is 0. The number of benzene rings is 1. The van der Waals surface area contributed by atoms with Gasteiger partial charge in [0.05, 0.1) is 6.61 Å². The van der Waals surface area contributed by atoms with Crippen LogP contribution in [0.15, 0.2) is 12.1 Å². The Kier molecular flexibility index (Phi) is 4.31. The first-order valence-electron chi connectivity index (χ1n) is 6.11. The smallest absolute Gasteiger partial charge is 0.260 e. The number of carbonyl (C=O) groups excluding carboxylic acids is 1. The molecule has 0 aromatic heterocycles. The molecule has 1 aliphatic rings. The Balaban J connectivity index is 2.01. The third-order valence-corrected chi connectivity index (χ3v) is 3.04. The van der Waals surface area contributed by atoms with Crippen LogP contribution in [0.1, 0.15) is 18.4 Å². The zero-order chi connectivity index (χ0) is 13.8. The van der Waals surface area contributed by atoms with E-state index < -0.39 is 24.0 Å². The number of aliphatic hydroxyl groups is 1. The number of hydrogen-bond donors (Lipinski definition) is 1. The van der Waals surface area contributed by atoms with Crippen molar-refractivity contribution < 1.29 is 23.4 Å². The Bertz CT molecular complexity index is 450. The van der Waals surface area contributed by atoms with Gasteiger partial charge in [0.25, 0.3) is 5.91 Å². The SMILES string of the molecule is O=C(COc1c(F)cc(CO)cc1F)N1CCCC1. The zero-order valence-corrected chi connectivity index (χ0v) is 10.4. The van der Waals surface area contributed by atoms with Crippen LogP contribution in [0.25, 0.3) is 0 Å². The summed E-state index contributed by atoms with van der Waals surface area (Å²) in [5.41, 5.74) is 0.119. The second kappa shape index (κ2) is 5.97. The molecule has 4 nitrogen and oxygen atoms in total. The Labute approximate surface area is 109 Å². The van der Waals surface area contributed by atoms with Crippen LogP contribution in [0, 0.1) is 11.6 Å². The molecule has 0 aliphatic carbocycles. The van der Waals surface area contributed by atoms with E-state index in [9.17, 15) is 13.6 Å². The fraction of sp³-hybridized carbons (Fsp3) is 0.462. The van der Waals surface area contributed by atoms with Crippen LogP contribution in [0.2, 0.25) is 0 Å². The number of carbonyl (C=O) groups is 1. The molecule has 19 heavy (non-hydrogen) atoms. The molecular formula is C13H15F2NO3. The fourth-order valence-electron chi connectivity index (χ4n) is 2.03. The normalized spacial score (nSPS) is 14.8. The number of ether oxygens (including phenoxy) is 1. The summed E-state index contributed by atoms with van der Waals surface area (Å²) in [4.78, 5) is 13.3. The molecular weight excluding hydrogens is 256 g/mol. The van der Waals surface area contributed by atoms with Crippen molar-refractivity contribution in [1.29, 1.82) is 0 Å². The van der Waals surface area contributed by atoms with Crippen LogP contribution in [-0.2, 0) is 11.4 Å². The summed E-state index contributed by atoms with van der Waals surface area (Å²) < 4.78 is 32.0. The summed E-state index contributed by atoms with van der Waals surface area (Å²) in [6.07, 6.45) is 1.89. The monoisotopic (exact) mass is 271 g/mol. The molecule has 1 N–H and O–H groups in total. The molecule has 1 aromatic rings. The summed E-state index contributed by atoms with van der Waals surface area (Å²) in [5.74, 6) is -2.69. The maximum atomic E-state index is 13.5. The van der Waals surface area contributed by atoms with Crippen molar-refractivity contribution in [1.82, 2.24) is 4.90 Å². The van der Waals surface area contributed by atoms with E-state index in [2.05, 4.69) is 0 Å². The van der Waals surface area contributed by atoms with Crippen molar-refractivity contribution in [2.24, 2.45) is 0 Å². The van der Waals surface area contributed by atoms with E-state index in [1.54, 1.807) is 4.90 Å². The lowest BCUT2D eigenvalue weighted by Gasteiger charge is -2.16. The summed E-state index contributed by atoms with van der Waals surface area (Å²) in [6, 6.07) is 1.97. The van der Waals surface area contributed by atoms with Gasteiger partial charge in [0.1, 0.15) is 0 Å². The van der Waals surface area contributed by atoms with Gasteiger partial charge >= 0.3 is 0 Å². The van der Waals surface area contributed by atoms with E-state index >= 15 is 0 Å². The fourth-order valence-corrected chi connectivity index (χ4v) is 2.03. The number of amides is 1. The Hall–Kier alpha value is -1.69. The largest absolute Gasteiger partial charge is 0.478 e. The molecule has 2 rings (SSSR count). The van der Waals surface area contributed by atoms with E-state index in [0.717, 1.165) is 25.0 Å².